The van der Waals surface area contributed by atoms with E-state index in [1.165, 1.54) is 0 Å². The van der Waals surface area contributed by atoms with Crippen LogP contribution in [0.4, 0.5) is 5.69 Å². The lowest BCUT2D eigenvalue weighted by Crippen LogP contribution is -2.18. The van der Waals surface area contributed by atoms with Crippen molar-refractivity contribution >= 4 is 11.6 Å². The molecule has 2 N–H and O–H groups in total. The number of hydrogen-bond acceptors (Lipinski definition) is 4. The second-order valence-corrected chi connectivity index (χ2v) is 6.45. The molecule has 0 atom stereocenters. The monoisotopic (exact) mass is 350 g/mol. The fourth-order valence-corrected chi connectivity index (χ4v) is 3.20. The summed E-state index contributed by atoms with van der Waals surface area (Å²) in [5.74, 6) is 1.73. The van der Waals surface area contributed by atoms with Crippen LogP contribution in [0.3, 0.4) is 0 Å². The Kier molecular flexibility index (Phi) is 4.53. The third kappa shape index (κ3) is 3.39. The van der Waals surface area contributed by atoms with Crippen LogP contribution >= 0.6 is 0 Å². The van der Waals surface area contributed by atoms with Crippen LogP contribution in [0.2, 0.25) is 0 Å². The number of aromatic nitrogens is 4. The van der Waals surface area contributed by atoms with Crippen molar-refractivity contribution in [3.63, 3.8) is 0 Å². The fraction of sp³-hybridized carbons (Fsp3) is 0.316. The van der Waals surface area contributed by atoms with E-state index >= 15 is 0 Å². The normalized spacial score (nSPS) is 13.9. The van der Waals surface area contributed by atoms with Crippen LogP contribution in [-0.2, 0) is 19.5 Å². The van der Waals surface area contributed by atoms with Gasteiger partial charge in [0.05, 0.1) is 6.54 Å². The number of carbonyl (C=O) groups is 1. The quantitative estimate of drug-likeness (QED) is 0.753. The van der Waals surface area contributed by atoms with Crippen molar-refractivity contribution in [3.8, 4) is 0 Å². The van der Waals surface area contributed by atoms with Gasteiger partial charge in [0.15, 0.2) is 0 Å². The van der Waals surface area contributed by atoms with E-state index in [9.17, 15) is 4.79 Å². The number of carbonyl (C=O) groups excluding carboxylic acids is 1. The molecule has 0 radical (unpaired) electrons. The first-order chi connectivity index (χ1) is 12.7. The largest absolute Gasteiger partial charge is 0.333 e. The average molecular weight is 350 g/mol. The summed E-state index contributed by atoms with van der Waals surface area (Å²) < 4.78 is 4.12. The summed E-state index contributed by atoms with van der Waals surface area (Å²) in [6.07, 6.45) is 6.40. The predicted octanol–water partition coefficient (Wildman–Crippen LogP) is 1.83. The topological polar surface area (TPSA) is 76.8 Å². The van der Waals surface area contributed by atoms with E-state index < -0.39 is 0 Å². The molecule has 7 heteroatoms. The molecule has 0 saturated heterocycles. The molecule has 0 spiro atoms. The summed E-state index contributed by atoms with van der Waals surface area (Å²) in [7, 11) is 0. The lowest BCUT2D eigenvalue weighted by atomic mass is 10.1. The molecule has 0 unspecified atom stereocenters. The van der Waals surface area contributed by atoms with Gasteiger partial charge in [-0.05, 0) is 18.6 Å². The summed E-state index contributed by atoms with van der Waals surface area (Å²) in [5.41, 5.74) is 2.30. The van der Waals surface area contributed by atoms with Crippen molar-refractivity contribution in [1.82, 2.24) is 24.4 Å². The molecule has 3 aromatic rings. The first-order valence-electron chi connectivity index (χ1n) is 8.84. The van der Waals surface area contributed by atoms with Crippen molar-refractivity contribution in [2.24, 2.45) is 0 Å². The number of para-hydroxylation sites is 1. The summed E-state index contributed by atoms with van der Waals surface area (Å²) in [5, 5.41) is 6.35. The van der Waals surface area contributed by atoms with Gasteiger partial charge in [-0.15, -0.1) is 0 Å². The number of imidazole rings is 2. The van der Waals surface area contributed by atoms with Crippen LogP contribution in [0.15, 0.2) is 42.9 Å². The number of anilines is 1. The minimum atomic E-state index is -0.173. The van der Waals surface area contributed by atoms with Crippen molar-refractivity contribution in [2.45, 2.75) is 26.4 Å². The maximum atomic E-state index is 12.7. The van der Waals surface area contributed by atoms with Crippen LogP contribution < -0.4 is 10.6 Å². The maximum Gasteiger partial charge on any atom is 0.275 e. The Morgan fingerprint density at radius 3 is 3.04 bits per heavy atom. The first kappa shape index (κ1) is 16.5. The lowest BCUT2D eigenvalue weighted by Gasteiger charge is -2.12. The molecule has 1 aliphatic heterocycles. The van der Waals surface area contributed by atoms with E-state index in [4.69, 9.17) is 0 Å². The summed E-state index contributed by atoms with van der Waals surface area (Å²) in [6, 6.07) is 7.84. The van der Waals surface area contributed by atoms with E-state index in [1.807, 2.05) is 43.6 Å². The number of amides is 1. The number of fused-ring (bicyclic) bond motifs is 1. The predicted molar refractivity (Wildman–Crippen MR) is 99.3 cm³/mol. The molecule has 4 rings (SSSR count). The Labute approximate surface area is 152 Å². The van der Waals surface area contributed by atoms with E-state index in [-0.39, 0.29) is 5.91 Å². The number of nitrogens with zero attached hydrogens (tertiary/aromatic N) is 4. The minimum Gasteiger partial charge on any atom is -0.333 e. The summed E-state index contributed by atoms with van der Waals surface area (Å²) in [4.78, 5) is 21.5. The first-order valence-corrected chi connectivity index (χ1v) is 8.84. The lowest BCUT2D eigenvalue weighted by molar-refractivity contribution is 0.102. The Bertz CT molecular complexity index is 902. The van der Waals surface area contributed by atoms with Crippen LogP contribution in [-0.4, -0.2) is 38.1 Å². The Morgan fingerprint density at radius 1 is 1.31 bits per heavy atom. The zero-order valence-electron chi connectivity index (χ0n) is 14.8. The molecule has 26 heavy (non-hydrogen) atoms. The molecule has 1 aliphatic rings. The van der Waals surface area contributed by atoms with Crippen molar-refractivity contribution in [3.05, 3.63) is 65.8 Å². The summed E-state index contributed by atoms with van der Waals surface area (Å²) >= 11 is 0. The number of rotatable bonds is 4. The standard InChI is InChI=1S/C19H22N6O/c1-14-21-9-11-24(14)12-15-4-2-3-5-16(15)23-19(26)17-13-25-10-8-20-7-6-18(25)22-17/h2-5,9,11,13,20H,6-8,10,12H2,1H3,(H,23,26). The fourth-order valence-electron chi connectivity index (χ4n) is 3.20. The van der Waals surface area contributed by atoms with Gasteiger partial charge < -0.3 is 19.8 Å². The smallest absolute Gasteiger partial charge is 0.275 e. The third-order valence-electron chi connectivity index (χ3n) is 4.68. The SMILES string of the molecule is Cc1nccn1Cc1ccccc1NC(=O)c1cn2c(n1)CCNCC2. The van der Waals surface area contributed by atoms with Crippen LogP contribution in [0.5, 0.6) is 0 Å². The molecular formula is C19H22N6O. The average Bonchev–Trinajstić information content (AvgIpc) is 3.17. The van der Waals surface area contributed by atoms with Crippen molar-refractivity contribution in [1.29, 1.82) is 0 Å². The van der Waals surface area contributed by atoms with E-state index in [1.54, 1.807) is 6.20 Å². The number of nitrogens with one attached hydrogen (secondary N) is 2. The molecule has 1 amide bonds. The Hall–Kier alpha value is -2.93. The highest BCUT2D eigenvalue weighted by molar-refractivity contribution is 6.03. The van der Waals surface area contributed by atoms with Crippen LogP contribution in [0.1, 0.15) is 27.7 Å². The molecule has 1 aromatic carbocycles. The molecule has 0 fully saturated rings. The van der Waals surface area contributed by atoms with Gasteiger partial charge in [-0.25, -0.2) is 9.97 Å². The van der Waals surface area contributed by atoms with Gasteiger partial charge in [0.2, 0.25) is 0 Å². The highest BCUT2D eigenvalue weighted by Crippen LogP contribution is 2.18. The van der Waals surface area contributed by atoms with Gasteiger partial charge in [0, 0.05) is 50.3 Å². The Balaban J connectivity index is 1.54. The molecule has 2 aromatic heterocycles. The second kappa shape index (κ2) is 7.13. The number of aryl methyl sites for hydroxylation is 1. The summed E-state index contributed by atoms with van der Waals surface area (Å²) in [6.45, 7) is 5.26. The number of benzene rings is 1. The van der Waals surface area contributed by atoms with Gasteiger partial charge in [-0.2, -0.15) is 0 Å². The van der Waals surface area contributed by atoms with Gasteiger partial charge >= 0.3 is 0 Å². The van der Waals surface area contributed by atoms with Gasteiger partial charge in [-0.3, -0.25) is 4.79 Å². The van der Waals surface area contributed by atoms with Crippen LogP contribution in [0, 0.1) is 6.92 Å². The van der Waals surface area contributed by atoms with E-state index in [0.29, 0.717) is 12.2 Å². The van der Waals surface area contributed by atoms with Crippen molar-refractivity contribution < 1.29 is 4.79 Å². The third-order valence-corrected chi connectivity index (χ3v) is 4.68. The maximum absolute atomic E-state index is 12.7. The van der Waals surface area contributed by atoms with E-state index in [2.05, 4.69) is 29.7 Å². The highest BCUT2D eigenvalue weighted by Gasteiger charge is 2.17. The van der Waals surface area contributed by atoms with Gasteiger partial charge in [0.1, 0.15) is 17.3 Å². The molecule has 0 bridgehead atoms. The van der Waals surface area contributed by atoms with Gasteiger partial charge in [-0.1, -0.05) is 18.2 Å². The van der Waals surface area contributed by atoms with E-state index in [0.717, 1.165) is 49.0 Å². The zero-order chi connectivity index (χ0) is 17.9. The molecule has 134 valence electrons. The van der Waals surface area contributed by atoms with Crippen LogP contribution in [0.25, 0.3) is 0 Å². The van der Waals surface area contributed by atoms with Gasteiger partial charge in [0.25, 0.3) is 5.91 Å². The zero-order valence-corrected chi connectivity index (χ0v) is 14.8. The minimum absolute atomic E-state index is 0.173. The second-order valence-electron chi connectivity index (χ2n) is 6.45. The number of hydrogen-bond donors (Lipinski definition) is 2. The van der Waals surface area contributed by atoms with Crippen molar-refractivity contribution in [2.75, 3.05) is 18.4 Å². The Morgan fingerprint density at radius 2 is 2.19 bits per heavy atom. The molecule has 3 heterocycles. The highest BCUT2D eigenvalue weighted by atomic mass is 16.1. The molecular weight excluding hydrogens is 328 g/mol. The molecule has 0 aliphatic carbocycles. The molecule has 0 saturated carbocycles. The molecule has 7 nitrogen and oxygen atoms in total.